The van der Waals surface area contributed by atoms with E-state index in [1.54, 1.807) is 36.4 Å². The van der Waals surface area contributed by atoms with Gasteiger partial charge < -0.3 is 5.32 Å². The molecule has 27 heavy (non-hydrogen) atoms. The van der Waals surface area contributed by atoms with E-state index >= 15 is 0 Å². The van der Waals surface area contributed by atoms with Crippen molar-refractivity contribution < 1.29 is 4.79 Å². The van der Waals surface area contributed by atoms with Crippen molar-refractivity contribution in [2.24, 2.45) is 5.10 Å². The Kier molecular flexibility index (Phi) is 5.81. The van der Waals surface area contributed by atoms with E-state index in [2.05, 4.69) is 26.9 Å². The molecule has 3 rings (SSSR count). The summed E-state index contributed by atoms with van der Waals surface area (Å²) in [4.78, 5) is 15.5. The first-order chi connectivity index (χ1) is 13.0. The van der Waals surface area contributed by atoms with Crippen LogP contribution in [0.3, 0.4) is 0 Å². The molecule has 0 unspecified atom stereocenters. The molecule has 0 aliphatic heterocycles. The standard InChI is InChI=1S/C19H14ClN5OS/c1-12(26)22-15-6-8-16(9-7-15)24-25-17(10-21)19-23-18(11-27-19)13-2-4-14(20)5-3-13/h2-9,11,24H,1H3,(H,22,26)/b25-17-. The van der Waals surface area contributed by atoms with Crippen LogP contribution in [0.4, 0.5) is 11.4 Å². The molecule has 0 aliphatic carbocycles. The fourth-order valence-electron chi connectivity index (χ4n) is 2.21. The number of benzene rings is 2. The quantitative estimate of drug-likeness (QED) is 0.481. The summed E-state index contributed by atoms with van der Waals surface area (Å²) in [6, 6.07) is 16.4. The third kappa shape index (κ3) is 4.91. The van der Waals surface area contributed by atoms with Gasteiger partial charge >= 0.3 is 0 Å². The third-order valence-corrected chi connectivity index (χ3v) is 4.56. The number of rotatable bonds is 5. The summed E-state index contributed by atoms with van der Waals surface area (Å²) in [6.45, 7) is 1.45. The zero-order valence-corrected chi connectivity index (χ0v) is 15.8. The maximum absolute atomic E-state index is 11.0. The number of nitrogens with zero attached hydrogens (tertiary/aromatic N) is 3. The summed E-state index contributed by atoms with van der Waals surface area (Å²) in [5, 5.41) is 19.3. The van der Waals surface area contributed by atoms with Crippen LogP contribution in [0.1, 0.15) is 11.9 Å². The molecule has 2 aromatic carbocycles. The van der Waals surface area contributed by atoms with Crippen LogP contribution in [0, 0.1) is 11.3 Å². The molecule has 134 valence electrons. The minimum absolute atomic E-state index is 0.138. The molecule has 1 heterocycles. The highest BCUT2D eigenvalue weighted by molar-refractivity contribution is 7.12. The number of thiazole rings is 1. The molecule has 0 aliphatic rings. The SMILES string of the molecule is CC(=O)Nc1ccc(N/N=C(/C#N)c2nc(-c3ccc(Cl)cc3)cs2)cc1. The van der Waals surface area contributed by atoms with Crippen molar-refractivity contribution in [2.45, 2.75) is 6.92 Å². The van der Waals surface area contributed by atoms with Crippen LogP contribution in [0.25, 0.3) is 11.3 Å². The lowest BCUT2D eigenvalue weighted by Gasteiger charge is -2.04. The lowest BCUT2D eigenvalue weighted by atomic mass is 10.2. The van der Waals surface area contributed by atoms with Gasteiger partial charge in [0.1, 0.15) is 6.07 Å². The first kappa shape index (κ1) is 18.6. The van der Waals surface area contributed by atoms with Gasteiger partial charge in [0.15, 0.2) is 10.7 Å². The van der Waals surface area contributed by atoms with Crippen molar-refractivity contribution in [3.8, 4) is 17.3 Å². The Bertz CT molecular complexity index is 1020. The van der Waals surface area contributed by atoms with E-state index in [1.165, 1.54) is 18.3 Å². The Balaban J connectivity index is 1.74. The minimum Gasteiger partial charge on any atom is -0.326 e. The van der Waals surface area contributed by atoms with E-state index in [0.29, 0.717) is 21.4 Å². The second-order valence-electron chi connectivity index (χ2n) is 5.49. The lowest BCUT2D eigenvalue weighted by molar-refractivity contribution is -0.114. The van der Waals surface area contributed by atoms with Gasteiger partial charge in [-0.15, -0.1) is 11.3 Å². The number of nitriles is 1. The van der Waals surface area contributed by atoms with Crippen molar-refractivity contribution in [3.63, 3.8) is 0 Å². The van der Waals surface area contributed by atoms with E-state index in [0.717, 1.165) is 11.3 Å². The van der Waals surface area contributed by atoms with Crippen molar-refractivity contribution in [1.29, 1.82) is 5.26 Å². The predicted octanol–water partition coefficient (Wildman–Crippen LogP) is 4.76. The molecule has 6 nitrogen and oxygen atoms in total. The fraction of sp³-hybridized carbons (Fsp3) is 0.0526. The molecular formula is C19H14ClN5OS. The molecule has 0 spiro atoms. The molecule has 0 atom stereocenters. The van der Waals surface area contributed by atoms with Crippen LogP contribution in [-0.2, 0) is 4.79 Å². The zero-order valence-electron chi connectivity index (χ0n) is 14.2. The van der Waals surface area contributed by atoms with Gasteiger partial charge in [0.2, 0.25) is 5.91 Å². The lowest BCUT2D eigenvalue weighted by Crippen LogP contribution is -2.05. The molecule has 0 saturated heterocycles. The van der Waals surface area contributed by atoms with Gasteiger partial charge in [0, 0.05) is 28.6 Å². The molecule has 1 amide bonds. The molecule has 0 saturated carbocycles. The summed E-state index contributed by atoms with van der Waals surface area (Å²) in [5.41, 5.74) is 6.07. The second-order valence-corrected chi connectivity index (χ2v) is 6.78. The Morgan fingerprint density at radius 2 is 1.81 bits per heavy atom. The van der Waals surface area contributed by atoms with Crippen molar-refractivity contribution in [3.05, 3.63) is 63.9 Å². The maximum Gasteiger partial charge on any atom is 0.221 e. The van der Waals surface area contributed by atoms with Crippen molar-refractivity contribution in [2.75, 3.05) is 10.7 Å². The molecule has 1 aromatic heterocycles. The summed E-state index contributed by atoms with van der Waals surface area (Å²) in [6.07, 6.45) is 0. The average Bonchev–Trinajstić information content (AvgIpc) is 3.14. The highest BCUT2D eigenvalue weighted by atomic mass is 35.5. The van der Waals surface area contributed by atoms with Crippen LogP contribution in [-0.4, -0.2) is 16.6 Å². The summed E-state index contributed by atoms with van der Waals surface area (Å²) < 4.78 is 0. The number of hydrogen-bond donors (Lipinski definition) is 2. The van der Waals surface area contributed by atoms with E-state index in [4.69, 9.17) is 11.6 Å². The van der Waals surface area contributed by atoms with Crippen LogP contribution >= 0.6 is 22.9 Å². The molecule has 0 fully saturated rings. The second kappa shape index (κ2) is 8.45. The molecular weight excluding hydrogens is 382 g/mol. The van der Waals surface area contributed by atoms with E-state index < -0.39 is 0 Å². The van der Waals surface area contributed by atoms with Gasteiger partial charge in [0.25, 0.3) is 0 Å². The zero-order chi connectivity index (χ0) is 19.2. The van der Waals surface area contributed by atoms with Gasteiger partial charge in [0.05, 0.1) is 11.4 Å². The van der Waals surface area contributed by atoms with Crippen LogP contribution < -0.4 is 10.7 Å². The minimum atomic E-state index is -0.138. The number of hydrazone groups is 1. The summed E-state index contributed by atoms with van der Waals surface area (Å²) >= 11 is 7.24. The number of hydrogen-bond acceptors (Lipinski definition) is 6. The van der Waals surface area contributed by atoms with Crippen molar-refractivity contribution in [1.82, 2.24) is 4.98 Å². The average molecular weight is 396 g/mol. The molecule has 0 radical (unpaired) electrons. The first-order valence-electron chi connectivity index (χ1n) is 7.88. The number of nitrogens with one attached hydrogen (secondary N) is 2. The number of carbonyl (C=O) groups excluding carboxylic acids is 1. The van der Waals surface area contributed by atoms with Gasteiger partial charge in [-0.05, 0) is 36.4 Å². The molecule has 2 N–H and O–H groups in total. The monoisotopic (exact) mass is 395 g/mol. The number of halogens is 1. The highest BCUT2D eigenvalue weighted by Gasteiger charge is 2.10. The molecule has 3 aromatic rings. The third-order valence-electron chi connectivity index (χ3n) is 3.45. The first-order valence-corrected chi connectivity index (χ1v) is 9.14. The van der Waals surface area contributed by atoms with E-state index in [1.807, 2.05) is 17.5 Å². The molecule has 8 heteroatoms. The summed E-state index contributed by atoms with van der Waals surface area (Å²) in [7, 11) is 0. The molecule has 0 bridgehead atoms. The van der Waals surface area contributed by atoms with E-state index in [-0.39, 0.29) is 11.6 Å². The normalized spacial score (nSPS) is 10.9. The topological polar surface area (TPSA) is 90.2 Å². The smallest absolute Gasteiger partial charge is 0.221 e. The van der Waals surface area contributed by atoms with Gasteiger partial charge in [-0.1, -0.05) is 23.7 Å². The number of anilines is 2. The largest absolute Gasteiger partial charge is 0.326 e. The van der Waals surface area contributed by atoms with Crippen LogP contribution in [0.2, 0.25) is 5.02 Å². The maximum atomic E-state index is 11.0. The van der Waals surface area contributed by atoms with Gasteiger partial charge in [-0.3, -0.25) is 10.2 Å². The van der Waals surface area contributed by atoms with Crippen molar-refractivity contribution >= 4 is 45.9 Å². The Hall–Kier alpha value is -3.21. The van der Waals surface area contributed by atoms with Gasteiger partial charge in [-0.2, -0.15) is 10.4 Å². The number of aromatic nitrogens is 1. The fourth-order valence-corrected chi connectivity index (χ4v) is 3.10. The van der Waals surface area contributed by atoms with Crippen LogP contribution in [0.5, 0.6) is 0 Å². The highest BCUT2D eigenvalue weighted by Crippen LogP contribution is 2.24. The Labute approximate surface area is 165 Å². The van der Waals surface area contributed by atoms with Gasteiger partial charge in [-0.25, -0.2) is 4.98 Å². The summed E-state index contributed by atoms with van der Waals surface area (Å²) in [5.74, 6) is -0.138. The van der Waals surface area contributed by atoms with E-state index in [9.17, 15) is 10.1 Å². The number of amides is 1. The number of carbonyl (C=O) groups is 1. The van der Waals surface area contributed by atoms with Crippen LogP contribution in [0.15, 0.2) is 59.0 Å². The Morgan fingerprint density at radius 1 is 1.15 bits per heavy atom. The Morgan fingerprint density at radius 3 is 2.44 bits per heavy atom. The predicted molar refractivity (Wildman–Crippen MR) is 109 cm³/mol.